The van der Waals surface area contributed by atoms with Crippen LogP contribution in [-0.4, -0.2) is 82.3 Å². The van der Waals surface area contributed by atoms with Gasteiger partial charge in [0.1, 0.15) is 0 Å². The SMILES string of the molecule is CCNC(=NCCCn1cccn1)NCCC(=O)N1CCN(c2ncccn2)CC1. The molecule has 30 heavy (non-hydrogen) atoms. The molecule has 0 aliphatic carbocycles. The number of aryl methyl sites for hydroxylation is 1. The molecule has 1 saturated heterocycles. The number of nitrogens with one attached hydrogen (secondary N) is 2. The van der Waals surface area contributed by atoms with E-state index in [1.54, 1.807) is 24.7 Å². The van der Waals surface area contributed by atoms with Crippen molar-refractivity contribution in [3.8, 4) is 0 Å². The molecule has 1 fully saturated rings. The summed E-state index contributed by atoms with van der Waals surface area (Å²) >= 11 is 0. The summed E-state index contributed by atoms with van der Waals surface area (Å²) in [6.45, 7) is 7.81. The predicted molar refractivity (Wildman–Crippen MR) is 116 cm³/mol. The number of amides is 1. The van der Waals surface area contributed by atoms with Gasteiger partial charge < -0.3 is 20.4 Å². The van der Waals surface area contributed by atoms with Crippen LogP contribution in [0.3, 0.4) is 0 Å². The summed E-state index contributed by atoms with van der Waals surface area (Å²) in [6.07, 6.45) is 8.57. The third kappa shape index (κ3) is 6.71. The van der Waals surface area contributed by atoms with E-state index in [1.807, 2.05) is 28.8 Å². The molecule has 10 heteroatoms. The maximum absolute atomic E-state index is 12.5. The quantitative estimate of drug-likeness (QED) is 0.347. The highest BCUT2D eigenvalue weighted by atomic mass is 16.2. The first kappa shape index (κ1) is 21.5. The maximum atomic E-state index is 12.5. The lowest BCUT2D eigenvalue weighted by molar-refractivity contribution is -0.131. The molecule has 1 aliphatic heterocycles. The maximum Gasteiger partial charge on any atom is 0.225 e. The Morgan fingerprint density at radius 3 is 2.60 bits per heavy atom. The van der Waals surface area contributed by atoms with Crippen molar-refractivity contribution in [3.05, 3.63) is 36.9 Å². The number of anilines is 1. The number of guanidine groups is 1. The molecule has 2 N–H and O–H groups in total. The Balaban J connectivity index is 1.35. The Morgan fingerprint density at radius 1 is 1.10 bits per heavy atom. The van der Waals surface area contributed by atoms with Crippen LogP contribution in [0.2, 0.25) is 0 Å². The third-order valence-electron chi connectivity index (χ3n) is 4.82. The van der Waals surface area contributed by atoms with Gasteiger partial charge in [-0.3, -0.25) is 14.5 Å². The number of nitrogens with zero attached hydrogens (tertiary/aromatic N) is 7. The Labute approximate surface area is 177 Å². The summed E-state index contributed by atoms with van der Waals surface area (Å²) in [4.78, 5) is 29.7. The molecule has 0 spiro atoms. The van der Waals surface area contributed by atoms with Crippen LogP contribution < -0.4 is 15.5 Å². The van der Waals surface area contributed by atoms with Gasteiger partial charge in [-0.25, -0.2) is 9.97 Å². The number of aromatic nitrogens is 4. The van der Waals surface area contributed by atoms with Gasteiger partial charge in [-0.1, -0.05) is 0 Å². The topological polar surface area (TPSA) is 104 Å². The van der Waals surface area contributed by atoms with Crippen LogP contribution in [0, 0.1) is 0 Å². The van der Waals surface area contributed by atoms with Crippen LogP contribution in [0.25, 0.3) is 0 Å². The van der Waals surface area contributed by atoms with Crippen LogP contribution in [0.5, 0.6) is 0 Å². The van der Waals surface area contributed by atoms with Gasteiger partial charge in [-0.15, -0.1) is 0 Å². The monoisotopic (exact) mass is 413 g/mol. The molecule has 2 aromatic heterocycles. The molecule has 3 rings (SSSR count). The van der Waals surface area contributed by atoms with Crippen molar-refractivity contribution in [2.75, 3.05) is 50.7 Å². The van der Waals surface area contributed by atoms with Crippen molar-refractivity contribution in [1.82, 2.24) is 35.3 Å². The van der Waals surface area contributed by atoms with E-state index >= 15 is 0 Å². The fourth-order valence-corrected chi connectivity index (χ4v) is 3.25. The first-order valence-electron chi connectivity index (χ1n) is 10.6. The standard InChI is InChI=1S/C20H31N9O/c1-2-21-19(22-9-4-12-29-13-5-10-26-29)23-11-6-18(30)27-14-16-28(17-15-27)20-24-7-3-8-25-20/h3,5,7-8,10,13H,2,4,6,9,11-12,14-17H2,1H3,(H2,21,22,23). The molecule has 0 saturated carbocycles. The van der Waals surface area contributed by atoms with Crippen molar-refractivity contribution in [1.29, 1.82) is 0 Å². The van der Waals surface area contributed by atoms with Gasteiger partial charge in [0, 0.05) is 83.6 Å². The number of carbonyl (C=O) groups is 1. The van der Waals surface area contributed by atoms with E-state index in [2.05, 4.69) is 35.6 Å². The number of rotatable bonds is 9. The molecule has 3 heterocycles. The summed E-state index contributed by atoms with van der Waals surface area (Å²) in [5.74, 6) is 1.63. The minimum Gasteiger partial charge on any atom is -0.357 e. The number of aliphatic imine (C=N–C) groups is 1. The van der Waals surface area contributed by atoms with Crippen molar-refractivity contribution in [3.63, 3.8) is 0 Å². The van der Waals surface area contributed by atoms with Crippen LogP contribution in [0.4, 0.5) is 5.95 Å². The highest BCUT2D eigenvalue weighted by Gasteiger charge is 2.22. The minimum absolute atomic E-state index is 0.158. The fourth-order valence-electron chi connectivity index (χ4n) is 3.25. The lowest BCUT2D eigenvalue weighted by Crippen LogP contribution is -2.50. The fraction of sp³-hybridized carbons (Fsp3) is 0.550. The van der Waals surface area contributed by atoms with Crippen molar-refractivity contribution in [2.45, 2.75) is 26.3 Å². The second kappa shape index (κ2) is 11.7. The average Bonchev–Trinajstić information content (AvgIpc) is 3.31. The van der Waals surface area contributed by atoms with Crippen LogP contribution >= 0.6 is 0 Å². The van der Waals surface area contributed by atoms with E-state index in [0.29, 0.717) is 32.6 Å². The highest BCUT2D eigenvalue weighted by Crippen LogP contribution is 2.10. The zero-order chi connectivity index (χ0) is 21.0. The van der Waals surface area contributed by atoms with E-state index in [-0.39, 0.29) is 5.91 Å². The smallest absolute Gasteiger partial charge is 0.225 e. The largest absolute Gasteiger partial charge is 0.357 e. The van der Waals surface area contributed by atoms with E-state index in [0.717, 1.165) is 44.5 Å². The number of hydrogen-bond acceptors (Lipinski definition) is 6. The Morgan fingerprint density at radius 2 is 1.90 bits per heavy atom. The van der Waals surface area contributed by atoms with E-state index in [1.165, 1.54) is 0 Å². The molecule has 0 unspecified atom stereocenters. The summed E-state index contributed by atoms with van der Waals surface area (Å²) in [7, 11) is 0. The molecule has 0 atom stereocenters. The molecule has 0 radical (unpaired) electrons. The molecule has 2 aromatic rings. The van der Waals surface area contributed by atoms with Gasteiger partial charge in [0.25, 0.3) is 0 Å². The first-order valence-corrected chi connectivity index (χ1v) is 10.6. The molecule has 0 bridgehead atoms. The predicted octanol–water partition coefficient (Wildman–Crippen LogP) is 0.357. The summed E-state index contributed by atoms with van der Waals surface area (Å²) in [5.41, 5.74) is 0. The first-order chi connectivity index (χ1) is 14.8. The number of carbonyl (C=O) groups excluding carboxylic acids is 1. The van der Waals surface area contributed by atoms with E-state index in [9.17, 15) is 4.79 Å². The second-order valence-electron chi connectivity index (χ2n) is 6.98. The van der Waals surface area contributed by atoms with Crippen molar-refractivity contribution >= 4 is 17.8 Å². The minimum atomic E-state index is 0.158. The summed E-state index contributed by atoms with van der Waals surface area (Å²) in [6, 6.07) is 3.72. The molecule has 10 nitrogen and oxygen atoms in total. The molecular formula is C20H31N9O. The lowest BCUT2D eigenvalue weighted by Gasteiger charge is -2.34. The van der Waals surface area contributed by atoms with Gasteiger partial charge in [0.15, 0.2) is 5.96 Å². The summed E-state index contributed by atoms with van der Waals surface area (Å²) in [5, 5.41) is 10.7. The molecule has 162 valence electrons. The zero-order valence-corrected chi connectivity index (χ0v) is 17.6. The Kier molecular flexibility index (Phi) is 8.43. The van der Waals surface area contributed by atoms with Gasteiger partial charge in [0.05, 0.1) is 0 Å². The molecule has 1 aliphatic rings. The van der Waals surface area contributed by atoms with Crippen LogP contribution in [0.1, 0.15) is 19.8 Å². The van der Waals surface area contributed by atoms with Crippen molar-refractivity contribution < 1.29 is 4.79 Å². The Bertz CT molecular complexity index is 771. The van der Waals surface area contributed by atoms with Gasteiger partial charge in [-0.2, -0.15) is 5.10 Å². The van der Waals surface area contributed by atoms with E-state index < -0.39 is 0 Å². The number of piperazine rings is 1. The van der Waals surface area contributed by atoms with Crippen molar-refractivity contribution in [2.24, 2.45) is 4.99 Å². The third-order valence-corrected chi connectivity index (χ3v) is 4.82. The molecule has 0 aromatic carbocycles. The van der Waals surface area contributed by atoms with Gasteiger partial charge in [0.2, 0.25) is 11.9 Å². The summed E-state index contributed by atoms with van der Waals surface area (Å²) < 4.78 is 1.90. The van der Waals surface area contributed by atoms with Gasteiger partial charge >= 0.3 is 0 Å². The van der Waals surface area contributed by atoms with Crippen LogP contribution in [-0.2, 0) is 11.3 Å². The lowest BCUT2D eigenvalue weighted by atomic mass is 10.3. The molecule has 1 amide bonds. The Hall–Kier alpha value is -3.17. The zero-order valence-electron chi connectivity index (χ0n) is 17.6. The normalized spacial score (nSPS) is 14.6. The second-order valence-corrected chi connectivity index (χ2v) is 6.98. The van der Waals surface area contributed by atoms with Gasteiger partial charge in [-0.05, 0) is 25.5 Å². The number of hydrogen-bond donors (Lipinski definition) is 2. The van der Waals surface area contributed by atoms with E-state index in [4.69, 9.17) is 0 Å². The average molecular weight is 414 g/mol. The molecular weight excluding hydrogens is 382 g/mol. The highest BCUT2D eigenvalue weighted by molar-refractivity contribution is 5.81. The van der Waals surface area contributed by atoms with Crippen LogP contribution in [0.15, 0.2) is 41.9 Å².